The Bertz CT molecular complexity index is 1170. The highest BCUT2D eigenvalue weighted by Crippen LogP contribution is 2.35. The molecule has 3 heterocycles. The molecule has 0 amide bonds. The van der Waals surface area contributed by atoms with E-state index in [1.165, 1.54) is 28.1 Å². The number of aromatic nitrogens is 4. The van der Waals surface area contributed by atoms with Crippen LogP contribution in [0.25, 0.3) is 10.2 Å². The highest BCUT2D eigenvalue weighted by molar-refractivity contribution is 7.71. The molecule has 0 N–H and O–H groups in total. The summed E-state index contributed by atoms with van der Waals surface area (Å²) < 4.78 is 6.16. The van der Waals surface area contributed by atoms with Crippen molar-refractivity contribution in [2.45, 2.75) is 45.4 Å². The summed E-state index contributed by atoms with van der Waals surface area (Å²) >= 11 is 7.63. The first-order chi connectivity index (χ1) is 14.7. The second kappa shape index (κ2) is 8.41. The summed E-state index contributed by atoms with van der Waals surface area (Å²) in [6.07, 6.45) is 3.58. The highest BCUT2D eigenvalue weighted by atomic mass is 32.1. The van der Waals surface area contributed by atoms with Gasteiger partial charge in [-0.15, -0.1) is 11.3 Å². The van der Waals surface area contributed by atoms with E-state index in [0.717, 1.165) is 35.6 Å². The predicted octanol–water partition coefficient (Wildman–Crippen LogP) is 5.57. The third kappa shape index (κ3) is 3.85. The maximum absolute atomic E-state index is 5.81. The van der Waals surface area contributed by atoms with Crippen LogP contribution in [0.2, 0.25) is 0 Å². The van der Waals surface area contributed by atoms with Gasteiger partial charge >= 0.3 is 0 Å². The number of fused-ring (bicyclic) bond motifs is 1. The molecule has 1 fully saturated rings. The Morgan fingerprint density at radius 1 is 1.07 bits per heavy atom. The largest absolute Gasteiger partial charge is 0.300 e. The van der Waals surface area contributed by atoms with Crippen LogP contribution < -0.4 is 0 Å². The van der Waals surface area contributed by atoms with E-state index in [0.29, 0.717) is 12.7 Å². The molecule has 1 atom stereocenters. The van der Waals surface area contributed by atoms with Crippen molar-refractivity contribution < 1.29 is 0 Å². The average Bonchev–Trinajstić information content (AvgIpc) is 3.31. The first kappa shape index (κ1) is 19.6. The van der Waals surface area contributed by atoms with E-state index < -0.39 is 0 Å². The molecule has 7 heteroatoms. The number of para-hydroxylation sites is 1. The smallest absolute Gasteiger partial charge is 0.199 e. The summed E-state index contributed by atoms with van der Waals surface area (Å²) in [5.41, 5.74) is 2.34. The van der Waals surface area contributed by atoms with Gasteiger partial charge in [0.15, 0.2) is 4.77 Å². The molecule has 2 aromatic carbocycles. The molecular weight excluding hydrogens is 410 g/mol. The standard InChI is InChI=1S/C23H25N5S2/c1-17-25-28(23(29)27(17)15-18-9-3-2-4-10-18)16-26-14-8-7-12-20(26)22-24-19-11-5-6-13-21(19)30-22/h2-6,9-11,13,20H,7-8,12,14-16H2,1H3. The molecule has 0 aliphatic carbocycles. The Morgan fingerprint density at radius 2 is 1.87 bits per heavy atom. The fourth-order valence-corrected chi connectivity index (χ4v) is 5.67. The third-order valence-corrected chi connectivity index (χ3v) is 7.38. The van der Waals surface area contributed by atoms with Gasteiger partial charge in [-0.25, -0.2) is 9.67 Å². The highest BCUT2D eigenvalue weighted by Gasteiger charge is 2.27. The van der Waals surface area contributed by atoms with Crippen LogP contribution in [0.15, 0.2) is 54.6 Å². The normalized spacial score (nSPS) is 17.6. The van der Waals surface area contributed by atoms with E-state index in [-0.39, 0.29) is 0 Å². The van der Waals surface area contributed by atoms with Crippen LogP contribution >= 0.6 is 23.6 Å². The number of hydrogen-bond acceptors (Lipinski definition) is 5. The number of thiazole rings is 1. The number of benzene rings is 2. The second-order valence-corrected chi connectivity index (χ2v) is 9.31. The predicted molar refractivity (Wildman–Crippen MR) is 124 cm³/mol. The van der Waals surface area contributed by atoms with Crippen molar-refractivity contribution in [1.29, 1.82) is 0 Å². The van der Waals surface area contributed by atoms with Gasteiger partial charge in [-0.1, -0.05) is 48.9 Å². The Kier molecular flexibility index (Phi) is 5.50. The van der Waals surface area contributed by atoms with Gasteiger partial charge < -0.3 is 0 Å². The van der Waals surface area contributed by atoms with Crippen LogP contribution in [0.5, 0.6) is 0 Å². The molecule has 5 nitrogen and oxygen atoms in total. The summed E-state index contributed by atoms with van der Waals surface area (Å²) in [4.78, 5) is 7.44. The molecule has 1 aliphatic rings. The number of likely N-dealkylation sites (tertiary alicyclic amines) is 1. The number of nitrogens with zero attached hydrogens (tertiary/aromatic N) is 5. The van der Waals surface area contributed by atoms with Gasteiger partial charge in [-0.3, -0.25) is 9.47 Å². The number of rotatable bonds is 5. The molecule has 0 radical (unpaired) electrons. The maximum atomic E-state index is 5.81. The molecule has 5 rings (SSSR count). The van der Waals surface area contributed by atoms with Gasteiger partial charge in [0.25, 0.3) is 0 Å². The second-order valence-electron chi connectivity index (χ2n) is 7.89. The summed E-state index contributed by atoms with van der Waals surface area (Å²) in [5, 5.41) is 6.00. The van der Waals surface area contributed by atoms with Crippen LogP contribution in [0.4, 0.5) is 0 Å². The summed E-state index contributed by atoms with van der Waals surface area (Å²) in [6, 6.07) is 19.2. The van der Waals surface area contributed by atoms with Crippen molar-refractivity contribution in [3.05, 3.63) is 75.8 Å². The zero-order valence-corrected chi connectivity index (χ0v) is 18.7. The molecule has 154 valence electrons. The summed E-state index contributed by atoms with van der Waals surface area (Å²) in [7, 11) is 0. The van der Waals surface area contributed by atoms with Crippen molar-refractivity contribution in [3.8, 4) is 0 Å². The van der Waals surface area contributed by atoms with E-state index in [1.54, 1.807) is 0 Å². The Morgan fingerprint density at radius 3 is 2.70 bits per heavy atom. The van der Waals surface area contributed by atoms with Crippen LogP contribution in [0, 0.1) is 11.7 Å². The molecule has 1 saturated heterocycles. The number of aryl methyl sites for hydroxylation is 1. The Hall–Kier alpha value is -2.35. The maximum Gasteiger partial charge on any atom is 0.199 e. The van der Waals surface area contributed by atoms with E-state index in [9.17, 15) is 0 Å². The van der Waals surface area contributed by atoms with Crippen LogP contribution in [0.1, 0.15) is 41.7 Å². The van der Waals surface area contributed by atoms with Crippen molar-refractivity contribution in [2.75, 3.05) is 6.54 Å². The average molecular weight is 436 g/mol. The van der Waals surface area contributed by atoms with Gasteiger partial charge in [0, 0.05) is 6.54 Å². The van der Waals surface area contributed by atoms with Gasteiger partial charge in [0.1, 0.15) is 10.8 Å². The lowest BCUT2D eigenvalue weighted by Gasteiger charge is -2.34. The van der Waals surface area contributed by atoms with Crippen LogP contribution in [-0.4, -0.2) is 30.8 Å². The molecule has 4 aromatic rings. The van der Waals surface area contributed by atoms with Crippen LogP contribution in [-0.2, 0) is 13.2 Å². The summed E-state index contributed by atoms with van der Waals surface area (Å²) in [6.45, 7) is 4.55. The van der Waals surface area contributed by atoms with E-state index in [4.69, 9.17) is 22.3 Å². The lowest BCUT2D eigenvalue weighted by Crippen LogP contribution is -2.35. The van der Waals surface area contributed by atoms with E-state index in [1.807, 2.05) is 29.0 Å². The topological polar surface area (TPSA) is 38.9 Å². The lowest BCUT2D eigenvalue weighted by molar-refractivity contribution is 0.103. The minimum atomic E-state index is 0.331. The SMILES string of the molecule is Cc1nn(CN2CCCCC2c2nc3ccccc3s2)c(=S)n1Cc1ccccc1. The van der Waals surface area contributed by atoms with Gasteiger partial charge in [0.05, 0.1) is 29.5 Å². The molecule has 0 spiro atoms. The van der Waals surface area contributed by atoms with Crippen molar-refractivity contribution >= 4 is 33.8 Å². The fourth-order valence-electron chi connectivity index (χ4n) is 4.23. The van der Waals surface area contributed by atoms with Crippen LogP contribution in [0.3, 0.4) is 0 Å². The molecule has 1 unspecified atom stereocenters. The minimum absolute atomic E-state index is 0.331. The number of piperidine rings is 1. The monoisotopic (exact) mass is 435 g/mol. The molecule has 30 heavy (non-hydrogen) atoms. The first-order valence-corrected chi connectivity index (χ1v) is 11.7. The van der Waals surface area contributed by atoms with E-state index >= 15 is 0 Å². The van der Waals surface area contributed by atoms with Gasteiger partial charge in [-0.05, 0) is 49.7 Å². The van der Waals surface area contributed by atoms with Gasteiger partial charge in [-0.2, -0.15) is 5.10 Å². The van der Waals surface area contributed by atoms with Crippen molar-refractivity contribution in [2.24, 2.45) is 0 Å². The molecule has 0 bridgehead atoms. The lowest BCUT2D eigenvalue weighted by atomic mass is 10.0. The van der Waals surface area contributed by atoms with Gasteiger partial charge in [0.2, 0.25) is 0 Å². The minimum Gasteiger partial charge on any atom is -0.300 e. The van der Waals surface area contributed by atoms with Crippen molar-refractivity contribution in [3.63, 3.8) is 0 Å². The fraction of sp³-hybridized carbons (Fsp3) is 0.348. The zero-order valence-electron chi connectivity index (χ0n) is 17.1. The Labute approximate surface area is 185 Å². The zero-order chi connectivity index (χ0) is 20.5. The Balaban J connectivity index is 1.41. The van der Waals surface area contributed by atoms with Crippen molar-refractivity contribution in [1.82, 2.24) is 24.2 Å². The third-order valence-electron chi connectivity index (χ3n) is 5.82. The molecule has 0 saturated carbocycles. The molecule has 1 aliphatic heterocycles. The first-order valence-electron chi connectivity index (χ1n) is 10.5. The van der Waals surface area contributed by atoms with E-state index in [2.05, 4.69) is 58.0 Å². The summed E-state index contributed by atoms with van der Waals surface area (Å²) in [5.74, 6) is 0.956. The quantitative estimate of drug-likeness (QED) is 0.385. The number of hydrogen-bond donors (Lipinski definition) is 0. The molecule has 2 aromatic heterocycles. The molecular formula is C23H25N5S2.